The van der Waals surface area contributed by atoms with Crippen molar-refractivity contribution in [2.45, 2.75) is 25.8 Å². The Morgan fingerprint density at radius 2 is 2.06 bits per heavy atom. The number of urea groups is 1. The molecule has 0 aliphatic carbocycles. The van der Waals surface area contributed by atoms with E-state index in [0.717, 1.165) is 25.9 Å². The molecule has 0 spiro atoms. The van der Waals surface area contributed by atoms with E-state index in [1.807, 2.05) is 0 Å². The van der Waals surface area contributed by atoms with Crippen LogP contribution in [0.15, 0.2) is 0 Å². The fourth-order valence-electron chi connectivity index (χ4n) is 1.82. The van der Waals surface area contributed by atoms with E-state index < -0.39 is 11.9 Å². The molecule has 1 unspecified atom stereocenters. The summed E-state index contributed by atoms with van der Waals surface area (Å²) >= 11 is 0. The average molecular weight is 243 g/mol. The van der Waals surface area contributed by atoms with Gasteiger partial charge in [-0.15, -0.1) is 0 Å². The minimum absolute atomic E-state index is 0.190. The number of rotatable bonds is 4. The van der Waals surface area contributed by atoms with E-state index in [1.165, 1.54) is 4.90 Å². The Morgan fingerprint density at radius 3 is 2.59 bits per heavy atom. The normalized spacial score (nSPS) is 18.5. The number of carboxylic acids is 1. The predicted octanol–water partition coefficient (Wildman–Crippen LogP) is 0.101. The summed E-state index contributed by atoms with van der Waals surface area (Å²) in [5.74, 6) is -1.43. The quantitative estimate of drug-likeness (QED) is 0.654. The molecule has 1 atom stereocenters. The molecule has 98 valence electrons. The monoisotopic (exact) mass is 243 g/mol. The standard InChI is InChI=1S/C11H21N3O3/c1-8(10(15)16)7-14(2)11(17)13-9-3-5-12-6-4-9/h8-9,12H,3-7H2,1-2H3,(H,13,17)(H,15,16). The van der Waals surface area contributed by atoms with Crippen LogP contribution in [-0.4, -0.2) is 54.7 Å². The summed E-state index contributed by atoms with van der Waals surface area (Å²) in [6.07, 6.45) is 1.85. The molecule has 17 heavy (non-hydrogen) atoms. The first-order valence-corrected chi connectivity index (χ1v) is 5.96. The van der Waals surface area contributed by atoms with E-state index in [0.29, 0.717) is 0 Å². The Bertz CT molecular complexity index is 277. The largest absolute Gasteiger partial charge is 0.481 e. The molecule has 1 heterocycles. The molecule has 0 aromatic carbocycles. The first-order chi connectivity index (χ1) is 8.00. The van der Waals surface area contributed by atoms with Gasteiger partial charge in [0.15, 0.2) is 0 Å². The second-order valence-electron chi connectivity index (χ2n) is 4.59. The summed E-state index contributed by atoms with van der Waals surface area (Å²) in [5, 5.41) is 14.9. The minimum atomic E-state index is -0.883. The summed E-state index contributed by atoms with van der Waals surface area (Å²) < 4.78 is 0. The van der Waals surface area contributed by atoms with Crippen LogP contribution in [0, 0.1) is 5.92 Å². The van der Waals surface area contributed by atoms with Gasteiger partial charge < -0.3 is 20.6 Å². The molecule has 1 aliphatic heterocycles. The lowest BCUT2D eigenvalue weighted by Crippen LogP contribution is -2.48. The number of nitrogens with one attached hydrogen (secondary N) is 2. The van der Waals surface area contributed by atoms with E-state index in [9.17, 15) is 9.59 Å². The number of aliphatic carboxylic acids is 1. The predicted molar refractivity (Wildman–Crippen MR) is 63.9 cm³/mol. The fourth-order valence-corrected chi connectivity index (χ4v) is 1.82. The zero-order valence-electron chi connectivity index (χ0n) is 10.4. The highest BCUT2D eigenvalue weighted by Gasteiger charge is 2.20. The zero-order chi connectivity index (χ0) is 12.8. The van der Waals surface area contributed by atoms with Crippen molar-refractivity contribution in [3.63, 3.8) is 0 Å². The van der Waals surface area contributed by atoms with Crippen LogP contribution in [0.25, 0.3) is 0 Å². The summed E-state index contributed by atoms with van der Waals surface area (Å²) in [4.78, 5) is 23.9. The van der Waals surface area contributed by atoms with Gasteiger partial charge in [0.2, 0.25) is 0 Å². The number of carboxylic acid groups (broad SMARTS) is 1. The number of carbonyl (C=O) groups excluding carboxylic acids is 1. The lowest BCUT2D eigenvalue weighted by Gasteiger charge is -2.27. The van der Waals surface area contributed by atoms with Gasteiger partial charge in [-0.05, 0) is 25.9 Å². The highest BCUT2D eigenvalue weighted by molar-refractivity contribution is 5.76. The van der Waals surface area contributed by atoms with Crippen molar-refractivity contribution >= 4 is 12.0 Å². The van der Waals surface area contributed by atoms with Crippen molar-refractivity contribution in [2.24, 2.45) is 5.92 Å². The topological polar surface area (TPSA) is 81.7 Å². The van der Waals surface area contributed by atoms with Crippen LogP contribution in [0.4, 0.5) is 4.79 Å². The maximum atomic E-state index is 11.8. The molecule has 0 aromatic heterocycles. The summed E-state index contributed by atoms with van der Waals surface area (Å²) in [5.41, 5.74) is 0. The van der Waals surface area contributed by atoms with Crippen LogP contribution in [0.1, 0.15) is 19.8 Å². The third-order valence-corrected chi connectivity index (χ3v) is 2.98. The summed E-state index contributed by atoms with van der Waals surface area (Å²) in [6, 6.07) is 0.0105. The first-order valence-electron chi connectivity index (χ1n) is 5.96. The Balaban J connectivity index is 2.33. The van der Waals surface area contributed by atoms with Gasteiger partial charge in [0, 0.05) is 19.6 Å². The molecular weight excluding hydrogens is 222 g/mol. The van der Waals surface area contributed by atoms with Gasteiger partial charge in [-0.25, -0.2) is 4.79 Å². The lowest BCUT2D eigenvalue weighted by molar-refractivity contribution is -0.141. The van der Waals surface area contributed by atoms with E-state index in [4.69, 9.17) is 5.11 Å². The average Bonchev–Trinajstić information content (AvgIpc) is 2.29. The fraction of sp³-hybridized carbons (Fsp3) is 0.818. The first kappa shape index (κ1) is 13.8. The van der Waals surface area contributed by atoms with Gasteiger partial charge in [-0.3, -0.25) is 4.79 Å². The van der Waals surface area contributed by atoms with E-state index >= 15 is 0 Å². The third-order valence-electron chi connectivity index (χ3n) is 2.98. The van der Waals surface area contributed by atoms with Crippen molar-refractivity contribution < 1.29 is 14.7 Å². The highest BCUT2D eigenvalue weighted by atomic mass is 16.4. The van der Waals surface area contributed by atoms with Gasteiger partial charge >= 0.3 is 12.0 Å². The Labute approximate surface area is 101 Å². The third kappa shape index (κ3) is 4.60. The maximum Gasteiger partial charge on any atom is 0.317 e. The van der Waals surface area contributed by atoms with Crippen LogP contribution < -0.4 is 10.6 Å². The summed E-state index contributed by atoms with van der Waals surface area (Å²) in [6.45, 7) is 3.66. The number of carbonyl (C=O) groups is 2. The SMILES string of the molecule is CC(CN(C)C(=O)NC1CCNCC1)C(=O)O. The van der Waals surface area contributed by atoms with Crippen molar-refractivity contribution in [3.8, 4) is 0 Å². The van der Waals surface area contributed by atoms with E-state index in [2.05, 4.69) is 10.6 Å². The molecule has 2 amide bonds. The molecule has 0 bridgehead atoms. The molecule has 1 fully saturated rings. The van der Waals surface area contributed by atoms with Gasteiger partial charge in [0.05, 0.1) is 5.92 Å². The lowest BCUT2D eigenvalue weighted by atomic mass is 10.1. The molecule has 3 N–H and O–H groups in total. The highest BCUT2D eigenvalue weighted by Crippen LogP contribution is 2.04. The molecule has 0 saturated carbocycles. The van der Waals surface area contributed by atoms with Gasteiger partial charge in [-0.1, -0.05) is 6.92 Å². The number of piperidine rings is 1. The number of nitrogens with zero attached hydrogens (tertiary/aromatic N) is 1. The Morgan fingerprint density at radius 1 is 1.47 bits per heavy atom. The molecule has 0 aromatic rings. The minimum Gasteiger partial charge on any atom is -0.481 e. The molecule has 6 heteroatoms. The van der Waals surface area contributed by atoms with Crippen molar-refractivity contribution in [3.05, 3.63) is 0 Å². The number of amides is 2. The van der Waals surface area contributed by atoms with Gasteiger partial charge in [0.1, 0.15) is 0 Å². The summed E-state index contributed by atoms with van der Waals surface area (Å²) in [7, 11) is 1.62. The van der Waals surface area contributed by atoms with Crippen LogP contribution in [0.3, 0.4) is 0 Å². The van der Waals surface area contributed by atoms with E-state index in [1.54, 1.807) is 14.0 Å². The van der Waals surface area contributed by atoms with Crippen molar-refractivity contribution in [2.75, 3.05) is 26.7 Å². The molecule has 0 radical (unpaired) electrons. The molecule has 6 nitrogen and oxygen atoms in total. The Hall–Kier alpha value is -1.30. The Kier molecular flexibility index (Phi) is 5.21. The second-order valence-corrected chi connectivity index (χ2v) is 4.59. The zero-order valence-corrected chi connectivity index (χ0v) is 10.4. The smallest absolute Gasteiger partial charge is 0.317 e. The maximum absolute atomic E-state index is 11.8. The second kappa shape index (κ2) is 6.44. The number of hydrogen-bond acceptors (Lipinski definition) is 3. The van der Waals surface area contributed by atoms with Gasteiger partial charge in [0.25, 0.3) is 0 Å². The van der Waals surface area contributed by atoms with Crippen molar-refractivity contribution in [1.82, 2.24) is 15.5 Å². The van der Waals surface area contributed by atoms with E-state index in [-0.39, 0.29) is 18.6 Å². The van der Waals surface area contributed by atoms with Crippen LogP contribution in [0.5, 0.6) is 0 Å². The van der Waals surface area contributed by atoms with Crippen LogP contribution in [0.2, 0.25) is 0 Å². The van der Waals surface area contributed by atoms with Crippen LogP contribution >= 0.6 is 0 Å². The molecule has 1 saturated heterocycles. The van der Waals surface area contributed by atoms with Gasteiger partial charge in [-0.2, -0.15) is 0 Å². The number of hydrogen-bond donors (Lipinski definition) is 3. The molecule has 1 rings (SSSR count). The molecular formula is C11H21N3O3. The van der Waals surface area contributed by atoms with Crippen molar-refractivity contribution in [1.29, 1.82) is 0 Å². The molecule has 1 aliphatic rings. The van der Waals surface area contributed by atoms with Crippen LogP contribution in [-0.2, 0) is 4.79 Å².